The summed E-state index contributed by atoms with van der Waals surface area (Å²) in [7, 11) is 0. The Labute approximate surface area is 151 Å². The molecule has 5 heteroatoms. The largest absolute Gasteiger partial charge is 0.426 e. The van der Waals surface area contributed by atoms with Gasteiger partial charge in [-0.25, -0.2) is 4.90 Å². The van der Waals surface area contributed by atoms with Gasteiger partial charge in [-0.2, -0.15) is 0 Å². The number of ether oxygens (including phenoxy) is 1. The number of imide groups is 1. The Balaban J connectivity index is 1.84. The minimum Gasteiger partial charge on any atom is -0.426 e. The quantitative estimate of drug-likeness (QED) is 0.361. The van der Waals surface area contributed by atoms with E-state index in [-0.39, 0.29) is 5.91 Å². The molecule has 0 bridgehead atoms. The number of para-hydroxylation sites is 1. The van der Waals surface area contributed by atoms with Crippen LogP contribution in [-0.4, -0.2) is 17.8 Å². The van der Waals surface area contributed by atoms with E-state index in [0.717, 1.165) is 16.0 Å². The molecule has 1 saturated heterocycles. The molecule has 5 nitrogen and oxygen atoms in total. The summed E-state index contributed by atoms with van der Waals surface area (Å²) in [6.07, 6.45) is 0.539. The number of amides is 2. The normalized spacial score (nSPS) is 24.8. The molecule has 0 saturated carbocycles. The molecule has 1 fully saturated rings. The number of fused-ring (bicyclic) bond motifs is 3. The fourth-order valence-electron chi connectivity index (χ4n) is 3.99. The Morgan fingerprint density at radius 3 is 2.35 bits per heavy atom. The van der Waals surface area contributed by atoms with Crippen LogP contribution in [0, 0.1) is 18.8 Å². The van der Waals surface area contributed by atoms with Crippen molar-refractivity contribution < 1.29 is 19.1 Å². The second-order valence-corrected chi connectivity index (χ2v) is 6.82. The molecule has 2 aliphatic rings. The lowest BCUT2D eigenvalue weighted by Crippen LogP contribution is -2.57. The van der Waals surface area contributed by atoms with Gasteiger partial charge in [0.05, 0.1) is 5.69 Å². The minimum absolute atomic E-state index is 0.257. The highest BCUT2D eigenvalue weighted by Crippen LogP contribution is 2.47. The number of piperidine rings is 1. The molecule has 26 heavy (non-hydrogen) atoms. The van der Waals surface area contributed by atoms with Crippen molar-refractivity contribution in [3.63, 3.8) is 0 Å². The summed E-state index contributed by atoms with van der Waals surface area (Å²) in [6, 6.07) is 14.3. The number of benzene rings is 2. The van der Waals surface area contributed by atoms with Gasteiger partial charge in [0.15, 0.2) is 0 Å². The molecule has 4 rings (SSSR count). The number of carbonyl (C=O) groups is 3. The number of carbonyl (C=O) groups excluding carboxylic acids is 3. The Bertz CT molecular complexity index is 902. The van der Waals surface area contributed by atoms with Crippen LogP contribution in [0.5, 0.6) is 5.75 Å². The van der Waals surface area contributed by atoms with E-state index in [4.69, 9.17) is 4.74 Å². The molecule has 2 aromatic rings. The molecule has 2 amide bonds. The van der Waals surface area contributed by atoms with Crippen LogP contribution >= 0.6 is 0 Å². The first-order valence-electron chi connectivity index (χ1n) is 8.78. The third-order valence-electron chi connectivity index (χ3n) is 5.29. The van der Waals surface area contributed by atoms with Crippen LogP contribution in [0.3, 0.4) is 0 Å². The molecule has 0 N–H and O–H groups in total. The van der Waals surface area contributed by atoms with Gasteiger partial charge in [0, 0.05) is 17.4 Å². The Kier molecular flexibility index (Phi) is 3.87. The van der Waals surface area contributed by atoms with Crippen LogP contribution in [0.2, 0.25) is 0 Å². The molecular weight excluding hydrogens is 330 g/mol. The van der Waals surface area contributed by atoms with Crippen LogP contribution in [0.15, 0.2) is 48.5 Å². The third kappa shape index (κ3) is 2.35. The third-order valence-corrected chi connectivity index (χ3v) is 5.29. The summed E-state index contributed by atoms with van der Waals surface area (Å²) in [4.78, 5) is 40.1. The van der Waals surface area contributed by atoms with E-state index in [0.29, 0.717) is 17.9 Å². The van der Waals surface area contributed by atoms with Gasteiger partial charge in [0.25, 0.3) is 0 Å². The maximum absolute atomic E-state index is 13.2. The van der Waals surface area contributed by atoms with Gasteiger partial charge in [-0.3, -0.25) is 14.4 Å². The van der Waals surface area contributed by atoms with Crippen molar-refractivity contribution >= 4 is 23.5 Å². The van der Waals surface area contributed by atoms with Crippen molar-refractivity contribution in [2.24, 2.45) is 11.8 Å². The fraction of sp³-hybridized carbons (Fsp3) is 0.286. The van der Waals surface area contributed by atoms with E-state index in [1.807, 2.05) is 38.1 Å². The zero-order chi connectivity index (χ0) is 18.4. The number of hydrogen-bond acceptors (Lipinski definition) is 4. The molecule has 0 unspecified atom stereocenters. The van der Waals surface area contributed by atoms with E-state index in [1.54, 1.807) is 24.3 Å². The number of nitrogens with zero attached hydrogens (tertiary/aromatic N) is 1. The van der Waals surface area contributed by atoms with E-state index in [2.05, 4.69) is 0 Å². The average molecular weight is 349 g/mol. The lowest BCUT2D eigenvalue weighted by atomic mass is 9.70. The SMILES string of the molecule is CC[C@@H]1C(=O)N(c2ccc(C)cc2)C(=O)[C@H]2C(=O)Oc3ccccc3[C@H]21. The van der Waals surface area contributed by atoms with E-state index >= 15 is 0 Å². The number of rotatable bonds is 2. The van der Waals surface area contributed by atoms with Crippen LogP contribution in [0.1, 0.15) is 30.4 Å². The molecular formula is C21H19NO4. The van der Waals surface area contributed by atoms with Gasteiger partial charge in [-0.15, -0.1) is 0 Å². The first-order chi connectivity index (χ1) is 12.5. The van der Waals surface area contributed by atoms with E-state index in [1.165, 1.54) is 0 Å². The highest BCUT2D eigenvalue weighted by molar-refractivity contribution is 6.23. The maximum Gasteiger partial charge on any atom is 0.324 e. The fourth-order valence-corrected chi connectivity index (χ4v) is 3.99. The summed E-state index contributed by atoms with van der Waals surface area (Å²) in [5, 5.41) is 0. The maximum atomic E-state index is 13.2. The Hall–Kier alpha value is -2.95. The molecule has 0 aromatic heterocycles. The van der Waals surface area contributed by atoms with Gasteiger partial charge in [0.2, 0.25) is 11.8 Å². The zero-order valence-electron chi connectivity index (χ0n) is 14.6. The lowest BCUT2D eigenvalue weighted by Gasteiger charge is -2.42. The minimum atomic E-state index is -0.992. The summed E-state index contributed by atoms with van der Waals surface area (Å²) < 4.78 is 5.41. The van der Waals surface area contributed by atoms with Gasteiger partial charge in [-0.05, 0) is 31.5 Å². The van der Waals surface area contributed by atoms with Gasteiger partial charge in [0.1, 0.15) is 11.7 Å². The number of hydrogen-bond donors (Lipinski definition) is 0. The second-order valence-electron chi connectivity index (χ2n) is 6.82. The summed E-state index contributed by atoms with van der Waals surface area (Å²) in [5.41, 5.74) is 2.28. The van der Waals surface area contributed by atoms with Gasteiger partial charge in [-0.1, -0.05) is 42.8 Å². The van der Waals surface area contributed by atoms with Crippen molar-refractivity contribution in [3.05, 3.63) is 59.7 Å². The number of anilines is 1. The zero-order valence-corrected chi connectivity index (χ0v) is 14.6. The molecule has 3 atom stereocenters. The van der Waals surface area contributed by atoms with Crippen molar-refractivity contribution in [1.29, 1.82) is 0 Å². The van der Waals surface area contributed by atoms with Crippen molar-refractivity contribution in [2.75, 3.05) is 4.90 Å². The highest BCUT2D eigenvalue weighted by atomic mass is 16.5. The molecule has 2 aromatic carbocycles. The Morgan fingerprint density at radius 1 is 0.962 bits per heavy atom. The van der Waals surface area contributed by atoms with Crippen molar-refractivity contribution in [3.8, 4) is 5.75 Å². The first kappa shape index (κ1) is 16.5. The lowest BCUT2D eigenvalue weighted by molar-refractivity contribution is -0.151. The highest BCUT2D eigenvalue weighted by Gasteiger charge is 2.55. The van der Waals surface area contributed by atoms with Crippen molar-refractivity contribution in [1.82, 2.24) is 0 Å². The van der Waals surface area contributed by atoms with E-state index in [9.17, 15) is 14.4 Å². The van der Waals surface area contributed by atoms with Gasteiger partial charge >= 0.3 is 5.97 Å². The standard InChI is InChI=1S/C21H19NO4/c1-3-14-17-15-6-4-5-7-16(15)26-21(25)18(17)20(24)22(19(14)23)13-10-8-12(2)9-11-13/h4-11,14,17-18H,3H2,1-2H3/t14-,17+,18-/m0/s1. The molecule has 0 spiro atoms. The first-order valence-corrected chi connectivity index (χ1v) is 8.78. The molecule has 132 valence electrons. The molecule has 0 aliphatic carbocycles. The molecule has 0 radical (unpaired) electrons. The topological polar surface area (TPSA) is 63.7 Å². The van der Waals surface area contributed by atoms with Crippen LogP contribution in [0.4, 0.5) is 5.69 Å². The molecule has 2 aliphatic heterocycles. The van der Waals surface area contributed by atoms with Crippen LogP contribution in [0.25, 0.3) is 0 Å². The van der Waals surface area contributed by atoms with E-state index < -0.39 is 29.6 Å². The van der Waals surface area contributed by atoms with Crippen LogP contribution < -0.4 is 9.64 Å². The predicted octanol–water partition coefficient (Wildman–Crippen LogP) is 3.21. The molecule has 2 heterocycles. The predicted molar refractivity (Wildman–Crippen MR) is 95.8 cm³/mol. The second kappa shape index (κ2) is 6.09. The van der Waals surface area contributed by atoms with Gasteiger partial charge < -0.3 is 4.74 Å². The summed E-state index contributed by atoms with van der Waals surface area (Å²) >= 11 is 0. The smallest absolute Gasteiger partial charge is 0.324 e. The van der Waals surface area contributed by atoms with Crippen LogP contribution in [-0.2, 0) is 14.4 Å². The Morgan fingerprint density at radius 2 is 1.65 bits per heavy atom. The van der Waals surface area contributed by atoms with Crippen molar-refractivity contribution in [2.45, 2.75) is 26.2 Å². The summed E-state index contributed by atoms with van der Waals surface area (Å²) in [6.45, 7) is 3.84. The summed E-state index contributed by atoms with van der Waals surface area (Å²) in [5.74, 6) is -2.82. The number of aryl methyl sites for hydroxylation is 1. The average Bonchev–Trinajstić information content (AvgIpc) is 2.63. The monoisotopic (exact) mass is 349 g/mol. The number of esters is 1.